The Morgan fingerprint density at radius 2 is 1.80 bits per heavy atom. The molecule has 0 aliphatic heterocycles. The first-order valence-electron chi connectivity index (χ1n) is 7.92. The minimum atomic E-state index is -2.27. The molecule has 0 amide bonds. The van der Waals surface area contributed by atoms with Crippen LogP contribution in [0.25, 0.3) is 0 Å². The lowest BCUT2D eigenvalue weighted by Crippen LogP contribution is -2.55. The van der Waals surface area contributed by atoms with Gasteiger partial charge < -0.3 is 35.0 Å². The second-order valence-electron chi connectivity index (χ2n) is 6.11. The summed E-state index contributed by atoms with van der Waals surface area (Å²) >= 11 is 0. The van der Waals surface area contributed by atoms with Crippen LogP contribution in [-0.2, 0) is 19.1 Å². The summed E-state index contributed by atoms with van der Waals surface area (Å²) in [5.74, 6) is -2.43. The molecule has 1 aliphatic rings. The lowest BCUT2D eigenvalue weighted by atomic mass is 9.81. The second-order valence-corrected chi connectivity index (χ2v) is 6.11. The molecule has 0 aromatic rings. The molecule has 6 unspecified atom stereocenters. The molecule has 0 aromatic heterocycles. The van der Waals surface area contributed by atoms with Gasteiger partial charge >= 0.3 is 5.97 Å². The minimum absolute atomic E-state index is 0.0299. The van der Waals surface area contributed by atoms with Gasteiger partial charge in [-0.2, -0.15) is 0 Å². The fourth-order valence-corrected chi connectivity index (χ4v) is 2.67. The number of carbonyl (C=O) groups is 2. The third-order valence-corrected chi connectivity index (χ3v) is 4.43. The number of hydrogen-bond donors (Lipinski definition) is 5. The molecule has 1 aliphatic carbocycles. The van der Waals surface area contributed by atoms with Crippen molar-refractivity contribution in [1.82, 2.24) is 0 Å². The van der Waals surface area contributed by atoms with Crippen molar-refractivity contribution in [2.75, 3.05) is 20.3 Å². The van der Waals surface area contributed by atoms with Crippen molar-refractivity contribution in [3.05, 3.63) is 12.2 Å². The van der Waals surface area contributed by atoms with Crippen molar-refractivity contribution >= 4 is 11.8 Å². The molecule has 0 saturated heterocycles. The van der Waals surface area contributed by atoms with Gasteiger partial charge in [-0.05, 0) is 13.3 Å². The highest BCUT2D eigenvalue weighted by molar-refractivity contribution is 6.05. The average Bonchev–Trinajstić information content (AvgIpc) is 2.59. The molecule has 1 rings (SSSR count). The smallest absolute Gasteiger partial charge is 0.346 e. The first kappa shape index (κ1) is 21.7. The lowest BCUT2D eigenvalue weighted by Gasteiger charge is -2.39. The summed E-state index contributed by atoms with van der Waals surface area (Å²) in [5, 5.41) is 48.6. The monoisotopic (exact) mass is 362 g/mol. The molecule has 0 bridgehead atoms. The van der Waals surface area contributed by atoms with Crippen LogP contribution in [0.15, 0.2) is 12.2 Å². The number of carbonyl (C=O) groups excluding carboxylic acids is 2. The normalized spacial score (nSPS) is 32.4. The minimum Gasteiger partial charge on any atom is -0.467 e. The van der Waals surface area contributed by atoms with E-state index in [1.54, 1.807) is 0 Å². The third kappa shape index (κ3) is 5.06. The predicted octanol–water partition coefficient (Wildman–Crippen LogP) is -2.09. The van der Waals surface area contributed by atoms with E-state index in [0.29, 0.717) is 0 Å². The fraction of sp³-hybridized carbons (Fsp3) is 0.750. The van der Waals surface area contributed by atoms with Crippen LogP contribution in [0.4, 0.5) is 0 Å². The largest absolute Gasteiger partial charge is 0.467 e. The predicted molar refractivity (Wildman–Crippen MR) is 84.4 cm³/mol. The van der Waals surface area contributed by atoms with Crippen LogP contribution in [0.2, 0.25) is 0 Å². The van der Waals surface area contributed by atoms with Crippen molar-refractivity contribution in [2.45, 2.75) is 49.8 Å². The van der Waals surface area contributed by atoms with Crippen LogP contribution in [-0.4, -0.2) is 87.6 Å². The zero-order chi connectivity index (χ0) is 19.2. The van der Waals surface area contributed by atoms with Gasteiger partial charge in [0.15, 0.2) is 5.78 Å². The standard InChI is InChI=1S/C16H26O9/c1-9(18)16(23,15(22)24-2)5-3-4-6-25-11-7-10(8-17)12(19)14(21)13(11)20/h3-4,10-14,17,19-21,23H,5-8H2,1-2H3/b4-3+. The van der Waals surface area contributed by atoms with Gasteiger partial charge in [-0.1, -0.05) is 12.2 Å². The SMILES string of the molecule is COC(=O)C(O)(C/C=C/COC1CC(CO)C(O)C(O)C1O)C(C)=O. The van der Waals surface area contributed by atoms with Gasteiger partial charge in [0, 0.05) is 18.9 Å². The average molecular weight is 362 g/mol. The van der Waals surface area contributed by atoms with E-state index in [1.165, 1.54) is 12.2 Å². The zero-order valence-electron chi connectivity index (χ0n) is 14.2. The first-order valence-corrected chi connectivity index (χ1v) is 7.92. The number of Topliss-reactive ketones (excluding diaryl/α,β-unsaturated/α-hetero) is 1. The summed E-state index contributed by atoms with van der Waals surface area (Å²) in [7, 11) is 1.06. The molecule has 1 saturated carbocycles. The Balaban J connectivity index is 2.57. The van der Waals surface area contributed by atoms with Crippen molar-refractivity contribution < 1.29 is 44.6 Å². The van der Waals surface area contributed by atoms with E-state index >= 15 is 0 Å². The lowest BCUT2D eigenvalue weighted by molar-refractivity contribution is -0.175. The molecule has 0 aromatic carbocycles. The maximum atomic E-state index is 11.5. The zero-order valence-corrected chi connectivity index (χ0v) is 14.2. The molecule has 9 nitrogen and oxygen atoms in total. The molecular formula is C16H26O9. The molecule has 0 spiro atoms. The molecule has 9 heteroatoms. The Labute approximate surface area is 145 Å². The van der Waals surface area contributed by atoms with E-state index in [2.05, 4.69) is 4.74 Å². The van der Waals surface area contributed by atoms with Gasteiger partial charge in [0.25, 0.3) is 0 Å². The van der Waals surface area contributed by atoms with Crippen molar-refractivity contribution in [3.8, 4) is 0 Å². The molecule has 0 radical (unpaired) electrons. The summed E-state index contributed by atoms with van der Waals surface area (Å²) in [6, 6.07) is 0. The maximum Gasteiger partial charge on any atom is 0.346 e. The summed E-state index contributed by atoms with van der Waals surface area (Å²) < 4.78 is 9.81. The van der Waals surface area contributed by atoms with Gasteiger partial charge in [-0.15, -0.1) is 0 Å². The number of ketones is 1. The number of rotatable bonds is 8. The number of methoxy groups -OCH3 is 1. The highest BCUT2D eigenvalue weighted by atomic mass is 16.5. The van der Waals surface area contributed by atoms with Gasteiger partial charge in [-0.25, -0.2) is 4.79 Å². The Morgan fingerprint density at radius 3 is 2.32 bits per heavy atom. The van der Waals surface area contributed by atoms with Crippen molar-refractivity contribution in [3.63, 3.8) is 0 Å². The van der Waals surface area contributed by atoms with Crippen LogP contribution in [0.3, 0.4) is 0 Å². The Morgan fingerprint density at radius 1 is 1.16 bits per heavy atom. The Bertz CT molecular complexity index is 490. The van der Waals surface area contributed by atoms with Crippen LogP contribution in [0.1, 0.15) is 19.8 Å². The van der Waals surface area contributed by atoms with Crippen LogP contribution in [0, 0.1) is 5.92 Å². The quantitative estimate of drug-likeness (QED) is 0.186. The number of aliphatic hydroxyl groups is 5. The summed E-state index contributed by atoms with van der Waals surface area (Å²) in [6.45, 7) is 0.685. The summed E-state index contributed by atoms with van der Waals surface area (Å²) in [6.07, 6.45) is -2.11. The number of esters is 1. The topological polar surface area (TPSA) is 154 Å². The number of hydrogen-bond acceptors (Lipinski definition) is 9. The molecule has 0 heterocycles. The summed E-state index contributed by atoms with van der Waals surface area (Å²) in [4.78, 5) is 22.9. The number of aliphatic hydroxyl groups excluding tert-OH is 4. The molecule has 6 atom stereocenters. The molecule has 25 heavy (non-hydrogen) atoms. The molecule has 5 N–H and O–H groups in total. The van der Waals surface area contributed by atoms with Gasteiger partial charge in [-0.3, -0.25) is 4.79 Å². The second kappa shape index (κ2) is 9.37. The van der Waals surface area contributed by atoms with Crippen molar-refractivity contribution in [2.24, 2.45) is 5.92 Å². The first-order chi connectivity index (χ1) is 11.7. The van der Waals surface area contributed by atoms with E-state index in [1.807, 2.05) is 0 Å². The van der Waals surface area contributed by atoms with Crippen molar-refractivity contribution in [1.29, 1.82) is 0 Å². The molecule has 1 fully saturated rings. The Kier molecular flexibility index (Phi) is 8.13. The molecular weight excluding hydrogens is 336 g/mol. The van der Waals surface area contributed by atoms with E-state index in [-0.39, 0.29) is 26.1 Å². The van der Waals surface area contributed by atoms with E-state index in [0.717, 1.165) is 14.0 Å². The maximum absolute atomic E-state index is 11.5. The van der Waals surface area contributed by atoms with Gasteiger partial charge in [0.05, 0.1) is 25.9 Å². The summed E-state index contributed by atoms with van der Waals surface area (Å²) in [5.41, 5.74) is -2.27. The van der Waals surface area contributed by atoms with E-state index in [4.69, 9.17) is 4.74 Å². The van der Waals surface area contributed by atoms with Crippen LogP contribution < -0.4 is 0 Å². The van der Waals surface area contributed by atoms with E-state index in [9.17, 15) is 35.1 Å². The van der Waals surface area contributed by atoms with Crippen LogP contribution >= 0.6 is 0 Å². The Hall–Kier alpha value is -1.36. The highest BCUT2D eigenvalue weighted by Gasteiger charge is 2.43. The third-order valence-electron chi connectivity index (χ3n) is 4.43. The number of ether oxygens (including phenoxy) is 2. The highest BCUT2D eigenvalue weighted by Crippen LogP contribution is 2.27. The molecule has 144 valence electrons. The fourth-order valence-electron chi connectivity index (χ4n) is 2.67. The van der Waals surface area contributed by atoms with Gasteiger partial charge in [0.2, 0.25) is 5.60 Å². The van der Waals surface area contributed by atoms with Gasteiger partial charge in [0.1, 0.15) is 12.2 Å². The van der Waals surface area contributed by atoms with Crippen LogP contribution in [0.5, 0.6) is 0 Å². The van der Waals surface area contributed by atoms with E-state index < -0.39 is 47.7 Å².